The lowest BCUT2D eigenvalue weighted by Gasteiger charge is -2.48. The molecule has 2 heterocycles. The number of hydrogen-bond acceptors (Lipinski definition) is 4. The van der Waals surface area contributed by atoms with Crippen molar-refractivity contribution < 1.29 is 14.7 Å². The monoisotopic (exact) mass is 454 g/mol. The SMILES string of the molecule is CC1(C)c2[nH]nc(NC(=O)C3([Si](C)(C)C)CCC3)c2CN1C(=O)[C@H](CO)c1ccccc1. The van der Waals surface area contributed by atoms with Crippen molar-refractivity contribution in [3.63, 3.8) is 0 Å². The van der Waals surface area contributed by atoms with Crippen LogP contribution in [-0.4, -0.2) is 46.7 Å². The van der Waals surface area contributed by atoms with Crippen LogP contribution < -0.4 is 5.32 Å². The van der Waals surface area contributed by atoms with Crippen molar-refractivity contribution in [2.45, 2.75) is 75.8 Å². The van der Waals surface area contributed by atoms with Crippen molar-refractivity contribution in [1.82, 2.24) is 15.1 Å². The predicted molar refractivity (Wildman–Crippen MR) is 127 cm³/mol. The van der Waals surface area contributed by atoms with Crippen LogP contribution in [0.15, 0.2) is 30.3 Å². The smallest absolute Gasteiger partial charge is 0.233 e. The second-order valence-electron chi connectivity index (χ2n) is 10.7. The van der Waals surface area contributed by atoms with Gasteiger partial charge in [-0.05, 0) is 32.3 Å². The maximum atomic E-state index is 13.5. The lowest BCUT2D eigenvalue weighted by Crippen LogP contribution is -2.52. The average molecular weight is 455 g/mol. The summed E-state index contributed by atoms with van der Waals surface area (Å²) < 4.78 is 0. The number of aromatic amines is 1. The molecular weight excluding hydrogens is 420 g/mol. The molecule has 1 atom stereocenters. The average Bonchev–Trinajstić information content (AvgIpc) is 3.19. The number of amides is 2. The lowest BCUT2D eigenvalue weighted by molar-refractivity contribution is -0.139. The molecular formula is C24H34N4O3Si. The minimum Gasteiger partial charge on any atom is -0.395 e. The molecule has 172 valence electrons. The minimum atomic E-state index is -1.71. The van der Waals surface area contributed by atoms with Crippen molar-refractivity contribution in [3.8, 4) is 0 Å². The summed E-state index contributed by atoms with van der Waals surface area (Å²) >= 11 is 0. The summed E-state index contributed by atoms with van der Waals surface area (Å²) in [7, 11) is -1.71. The summed E-state index contributed by atoms with van der Waals surface area (Å²) in [6.07, 6.45) is 2.97. The fourth-order valence-corrected chi connectivity index (χ4v) is 7.84. The zero-order valence-electron chi connectivity index (χ0n) is 19.7. The van der Waals surface area contributed by atoms with E-state index < -0.39 is 19.5 Å². The summed E-state index contributed by atoms with van der Waals surface area (Å²) in [6, 6.07) is 9.36. The molecule has 0 bridgehead atoms. The van der Waals surface area contributed by atoms with Crippen LogP contribution in [0.25, 0.3) is 0 Å². The standard InChI is InChI=1S/C24H34N4O3Si/c1-23(2)19-17(14-28(23)21(30)18(15-29)16-10-7-6-8-11-16)20(27-26-19)25-22(31)24(12-9-13-24)32(3,4)5/h6-8,10-11,18,29H,9,12-15H2,1-5H3,(H2,25,26,27,31)/t18-/m1/s1. The molecule has 32 heavy (non-hydrogen) atoms. The van der Waals surface area contributed by atoms with Gasteiger partial charge in [-0.15, -0.1) is 0 Å². The Morgan fingerprint density at radius 3 is 2.41 bits per heavy atom. The second kappa shape index (κ2) is 7.85. The van der Waals surface area contributed by atoms with E-state index in [1.54, 1.807) is 4.90 Å². The summed E-state index contributed by atoms with van der Waals surface area (Å²) in [6.45, 7) is 10.8. The number of nitrogens with zero attached hydrogens (tertiary/aromatic N) is 2. The third-order valence-electron chi connectivity index (χ3n) is 7.73. The number of rotatable bonds is 6. The molecule has 2 amide bonds. The molecule has 1 aliphatic carbocycles. The van der Waals surface area contributed by atoms with Gasteiger partial charge in [-0.1, -0.05) is 56.4 Å². The van der Waals surface area contributed by atoms with Crippen LogP contribution in [0.4, 0.5) is 5.82 Å². The van der Waals surface area contributed by atoms with Crippen molar-refractivity contribution in [1.29, 1.82) is 0 Å². The van der Waals surface area contributed by atoms with Gasteiger partial charge in [0.25, 0.3) is 0 Å². The third-order valence-corrected chi connectivity index (χ3v) is 11.3. The second-order valence-corrected chi connectivity index (χ2v) is 16.2. The molecule has 1 fully saturated rings. The van der Waals surface area contributed by atoms with Gasteiger partial charge in [0, 0.05) is 10.6 Å². The number of carbonyl (C=O) groups excluding carboxylic acids is 2. The van der Waals surface area contributed by atoms with Gasteiger partial charge in [-0.25, -0.2) is 0 Å². The van der Waals surface area contributed by atoms with E-state index >= 15 is 0 Å². The maximum Gasteiger partial charge on any atom is 0.233 e. The Morgan fingerprint density at radius 1 is 1.22 bits per heavy atom. The zero-order valence-corrected chi connectivity index (χ0v) is 20.7. The Labute approximate surface area is 190 Å². The summed E-state index contributed by atoms with van der Waals surface area (Å²) in [4.78, 5) is 28.6. The van der Waals surface area contributed by atoms with Gasteiger partial charge in [-0.2, -0.15) is 5.10 Å². The molecule has 4 rings (SSSR count). The Hall–Kier alpha value is -2.45. The molecule has 1 saturated carbocycles. The van der Waals surface area contributed by atoms with Crippen LogP contribution in [0.5, 0.6) is 0 Å². The van der Waals surface area contributed by atoms with Gasteiger partial charge in [0.2, 0.25) is 11.8 Å². The molecule has 2 aromatic rings. The fraction of sp³-hybridized carbons (Fsp3) is 0.542. The van der Waals surface area contributed by atoms with E-state index in [-0.39, 0.29) is 23.5 Å². The highest BCUT2D eigenvalue weighted by atomic mass is 28.3. The number of aromatic nitrogens is 2. The highest BCUT2D eigenvalue weighted by Crippen LogP contribution is 2.56. The molecule has 2 aliphatic rings. The lowest BCUT2D eigenvalue weighted by atomic mass is 9.83. The minimum absolute atomic E-state index is 0.0670. The van der Waals surface area contributed by atoms with Gasteiger partial charge in [-0.3, -0.25) is 14.7 Å². The first-order valence-corrected chi connectivity index (χ1v) is 14.9. The van der Waals surface area contributed by atoms with Crippen LogP contribution in [0.2, 0.25) is 24.7 Å². The molecule has 0 saturated heterocycles. The zero-order chi connectivity index (χ0) is 23.3. The maximum absolute atomic E-state index is 13.5. The fourth-order valence-electron chi connectivity index (χ4n) is 5.25. The van der Waals surface area contributed by atoms with E-state index in [0.717, 1.165) is 36.1 Å². The molecule has 3 N–H and O–H groups in total. The first-order valence-electron chi connectivity index (χ1n) is 11.4. The molecule has 1 aliphatic heterocycles. The van der Waals surface area contributed by atoms with Gasteiger partial charge in [0.05, 0.1) is 38.4 Å². The first-order chi connectivity index (χ1) is 15.0. The predicted octanol–water partition coefficient (Wildman–Crippen LogP) is 3.96. The molecule has 0 unspecified atom stereocenters. The number of aliphatic hydroxyl groups is 1. The van der Waals surface area contributed by atoms with Crippen molar-refractivity contribution in [3.05, 3.63) is 47.2 Å². The van der Waals surface area contributed by atoms with Crippen LogP contribution in [0, 0.1) is 0 Å². The van der Waals surface area contributed by atoms with Crippen molar-refractivity contribution in [2.24, 2.45) is 0 Å². The van der Waals surface area contributed by atoms with E-state index in [1.165, 1.54) is 0 Å². The Morgan fingerprint density at radius 2 is 1.88 bits per heavy atom. The highest BCUT2D eigenvalue weighted by Gasteiger charge is 2.54. The summed E-state index contributed by atoms with van der Waals surface area (Å²) in [5, 5.41) is 20.4. The van der Waals surface area contributed by atoms with Gasteiger partial charge in [0.1, 0.15) is 0 Å². The Balaban J connectivity index is 1.59. The van der Waals surface area contributed by atoms with E-state index in [9.17, 15) is 14.7 Å². The van der Waals surface area contributed by atoms with Crippen molar-refractivity contribution in [2.75, 3.05) is 11.9 Å². The highest BCUT2D eigenvalue weighted by molar-refractivity contribution is 6.83. The quantitative estimate of drug-likeness (QED) is 0.575. The first kappa shape index (κ1) is 22.7. The van der Waals surface area contributed by atoms with E-state index in [4.69, 9.17) is 0 Å². The number of H-pyrrole nitrogens is 1. The topological polar surface area (TPSA) is 98.3 Å². The molecule has 0 spiro atoms. The van der Waals surface area contributed by atoms with Crippen LogP contribution in [0.1, 0.15) is 55.8 Å². The number of fused-ring (bicyclic) bond motifs is 1. The van der Waals surface area contributed by atoms with Gasteiger partial charge < -0.3 is 15.3 Å². The van der Waals surface area contributed by atoms with Crippen LogP contribution in [-0.2, 0) is 21.7 Å². The molecule has 1 aromatic carbocycles. The number of anilines is 1. The molecule has 8 heteroatoms. The molecule has 7 nitrogen and oxygen atoms in total. The van der Waals surface area contributed by atoms with Crippen LogP contribution in [0.3, 0.4) is 0 Å². The Kier molecular flexibility index (Phi) is 5.57. The number of benzene rings is 1. The van der Waals surface area contributed by atoms with E-state index in [0.29, 0.717) is 12.4 Å². The number of aliphatic hydroxyl groups excluding tert-OH is 1. The van der Waals surface area contributed by atoms with Crippen LogP contribution >= 0.6 is 0 Å². The van der Waals surface area contributed by atoms with E-state index in [2.05, 4.69) is 35.2 Å². The van der Waals surface area contributed by atoms with E-state index in [1.807, 2.05) is 44.2 Å². The third kappa shape index (κ3) is 3.40. The normalized spacial score (nSPS) is 19.8. The Bertz CT molecular complexity index is 1020. The van der Waals surface area contributed by atoms with Crippen molar-refractivity contribution >= 4 is 25.7 Å². The number of carbonyl (C=O) groups is 2. The molecule has 0 radical (unpaired) electrons. The molecule has 1 aromatic heterocycles. The largest absolute Gasteiger partial charge is 0.395 e. The van der Waals surface area contributed by atoms with Gasteiger partial charge in [0.15, 0.2) is 5.82 Å². The number of hydrogen-bond donors (Lipinski definition) is 3. The summed E-state index contributed by atoms with van der Waals surface area (Å²) in [5.74, 6) is -0.172. The summed E-state index contributed by atoms with van der Waals surface area (Å²) in [5.41, 5.74) is 1.85. The van der Waals surface area contributed by atoms with Gasteiger partial charge >= 0.3 is 0 Å². The number of nitrogens with one attached hydrogen (secondary N) is 2.